The van der Waals surface area contributed by atoms with E-state index in [2.05, 4.69) is 17.1 Å². The summed E-state index contributed by atoms with van der Waals surface area (Å²) < 4.78 is 7.24. The minimum Gasteiger partial charge on any atom is -0.469 e. The number of hydrogen-bond donors (Lipinski definition) is 0. The molecule has 1 aliphatic rings. The summed E-state index contributed by atoms with van der Waals surface area (Å²) >= 11 is 0. The number of aryl methyl sites for hydroxylation is 2. The lowest BCUT2D eigenvalue weighted by molar-refractivity contribution is 0.198. The Balaban J connectivity index is 1.86. The van der Waals surface area contributed by atoms with Gasteiger partial charge in [0, 0.05) is 7.05 Å². The van der Waals surface area contributed by atoms with Gasteiger partial charge >= 0.3 is 0 Å². The van der Waals surface area contributed by atoms with Crippen molar-refractivity contribution < 1.29 is 4.74 Å². The standard InChI is InChI=1S/C14H14N2O2/c1-16-9-15-13(8-14(16)17)18-12-7-6-10-4-2-3-5-11(10)12/h2-5,8-9,12H,6-7H2,1H3. The molecule has 1 heterocycles. The smallest absolute Gasteiger partial charge is 0.256 e. The van der Waals surface area contributed by atoms with Gasteiger partial charge in [-0.25, -0.2) is 4.98 Å². The van der Waals surface area contributed by atoms with Crippen LogP contribution in [0.5, 0.6) is 5.88 Å². The van der Waals surface area contributed by atoms with Gasteiger partial charge in [-0.15, -0.1) is 0 Å². The maximum atomic E-state index is 11.5. The predicted octanol–water partition coefficient (Wildman–Crippen LogP) is 1.85. The number of aromatic nitrogens is 2. The van der Waals surface area contributed by atoms with Crippen molar-refractivity contribution in [1.29, 1.82) is 0 Å². The molecule has 0 amide bonds. The lowest BCUT2D eigenvalue weighted by Gasteiger charge is -2.13. The van der Waals surface area contributed by atoms with Crippen LogP contribution < -0.4 is 10.3 Å². The van der Waals surface area contributed by atoms with Crippen molar-refractivity contribution in [1.82, 2.24) is 9.55 Å². The molecule has 0 radical (unpaired) electrons. The Labute approximate surface area is 105 Å². The van der Waals surface area contributed by atoms with Gasteiger partial charge in [-0.1, -0.05) is 24.3 Å². The van der Waals surface area contributed by atoms with Crippen molar-refractivity contribution in [3.8, 4) is 5.88 Å². The van der Waals surface area contributed by atoms with E-state index in [0.717, 1.165) is 12.8 Å². The zero-order valence-corrected chi connectivity index (χ0v) is 10.2. The second-order valence-corrected chi connectivity index (χ2v) is 4.52. The van der Waals surface area contributed by atoms with Gasteiger partial charge in [-0.3, -0.25) is 4.79 Å². The molecule has 0 bridgehead atoms. The maximum Gasteiger partial charge on any atom is 0.256 e. The van der Waals surface area contributed by atoms with Crippen molar-refractivity contribution in [2.24, 2.45) is 7.05 Å². The first-order valence-corrected chi connectivity index (χ1v) is 6.01. The van der Waals surface area contributed by atoms with Gasteiger partial charge in [0.25, 0.3) is 5.56 Å². The van der Waals surface area contributed by atoms with Crippen LogP contribution in [0.25, 0.3) is 0 Å². The van der Waals surface area contributed by atoms with Crippen LogP contribution in [0.15, 0.2) is 41.5 Å². The second kappa shape index (κ2) is 4.29. The van der Waals surface area contributed by atoms with Crippen LogP contribution in [0.3, 0.4) is 0 Å². The summed E-state index contributed by atoms with van der Waals surface area (Å²) in [4.78, 5) is 15.6. The van der Waals surface area contributed by atoms with E-state index in [1.807, 2.05) is 12.1 Å². The molecule has 1 unspecified atom stereocenters. The second-order valence-electron chi connectivity index (χ2n) is 4.52. The summed E-state index contributed by atoms with van der Waals surface area (Å²) in [5.41, 5.74) is 2.43. The zero-order valence-electron chi connectivity index (χ0n) is 10.2. The van der Waals surface area contributed by atoms with Crippen LogP contribution in [0, 0.1) is 0 Å². The summed E-state index contributed by atoms with van der Waals surface area (Å²) in [6.07, 6.45) is 3.46. The third-order valence-corrected chi connectivity index (χ3v) is 3.29. The predicted molar refractivity (Wildman–Crippen MR) is 67.6 cm³/mol. The molecule has 3 rings (SSSR count). The highest BCUT2D eigenvalue weighted by atomic mass is 16.5. The van der Waals surface area contributed by atoms with E-state index in [0.29, 0.717) is 5.88 Å². The van der Waals surface area contributed by atoms with E-state index in [9.17, 15) is 4.79 Å². The Kier molecular flexibility index (Phi) is 2.63. The van der Waals surface area contributed by atoms with Crippen molar-refractivity contribution >= 4 is 0 Å². The van der Waals surface area contributed by atoms with Gasteiger partial charge < -0.3 is 9.30 Å². The first-order valence-electron chi connectivity index (χ1n) is 6.01. The van der Waals surface area contributed by atoms with Crippen molar-refractivity contribution in [2.45, 2.75) is 18.9 Å². The van der Waals surface area contributed by atoms with Crippen LogP contribution in [0.2, 0.25) is 0 Å². The topological polar surface area (TPSA) is 44.1 Å². The number of nitrogens with zero attached hydrogens (tertiary/aromatic N) is 2. The Bertz CT molecular complexity index is 634. The van der Waals surface area contributed by atoms with Crippen LogP contribution in [0.4, 0.5) is 0 Å². The molecule has 0 saturated carbocycles. The molecular formula is C14H14N2O2. The van der Waals surface area contributed by atoms with Crippen molar-refractivity contribution in [2.75, 3.05) is 0 Å². The minimum absolute atomic E-state index is 0.0146. The van der Waals surface area contributed by atoms with E-state index in [4.69, 9.17) is 4.74 Å². The van der Waals surface area contributed by atoms with Gasteiger partial charge in [-0.05, 0) is 24.0 Å². The van der Waals surface area contributed by atoms with Crippen LogP contribution >= 0.6 is 0 Å². The molecule has 0 spiro atoms. The zero-order chi connectivity index (χ0) is 12.5. The largest absolute Gasteiger partial charge is 0.469 e. The number of hydrogen-bond acceptors (Lipinski definition) is 3. The highest BCUT2D eigenvalue weighted by molar-refractivity contribution is 5.34. The number of ether oxygens (including phenoxy) is 1. The summed E-state index contributed by atoms with van der Waals surface area (Å²) in [5.74, 6) is 0.403. The van der Waals surface area contributed by atoms with Crippen molar-refractivity contribution in [3.63, 3.8) is 0 Å². The minimum atomic E-state index is -0.105. The SMILES string of the molecule is Cn1cnc(OC2CCc3ccccc32)cc1=O. The molecule has 1 aromatic carbocycles. The fourth-order valence-corrected chi connectivity index (χ4v) is 2.30. The first kappa shape index (κ1) is 11.0. The Morgan fingerprint density at radius 3 is 3.06 bits per heavy atom. The average Bonchev–Trinajstić information content (AvgIpc) is 2.78. The molecule has 1 aromatic heterocycles. The molecule has 0 saturated heterocycles. The highest BCUT2D eigenvalue weighted by Gasteiger charge is 2.23. The number of rotatable bonds is 2. The number of benzene rings is 1. The molecule has 1 aliphatic carbocycles. The normalized spacial score (nSPS) is 17.5. The Morgan fingerprint density at radius 2 is 2.22 bits per heavy atom. The third kappa shape index (κ3) is 1.90. The molecule has 4 heteroatoms. The van der Waals surface area contributed by atoms with E-state index >= 15 is 0 Å². The lowest BCUT2D eigenvalue weighted by Crippen LogP contribution is -2.17. The molecule has 2 aromatic rings. The molecule has 0 fully saturated rings. The molecule has 18 heavy (non-hydrogen) atoms. The van der Waals surface area contributed by atoms with Crippen LogP contribution in [-0.2, 0) is 13.5 Å². The monoisotopic (exact) mass is 242 g/mol. The van der Waals surface area contributed by atoms with E-state index < -0.39 is 0 Å². The maximum absolute atomic E-state index is 11.5. The fourth-order valence-electron chi connectivity index (χ4n) is 2.30. The van der Waals surface area contributed by atoms with Crippen LogP contribution in [0.1, 0.15) is 23.7 Å². The summed E-state index contributed by atoms with van der Waals surface area (Å²) in [7, 11) is 1.67. The molecule has 92 valence electrons. The van der Waals surface area contributed by atoms with Gasteiger partial charge in [-0.2, -0.15) is 0 Å². The summed E-state index contributed by atoms with van der Waals surface area (Å²) in [5, 5.41) is 0. The Hall–Kier alpha value is -2.10. The average molecular weight is 242 g/mol. The fraction of sp³-hybridized carbons (Fsp3) is 0.286. The quantitative estimate of drug-likeness (QED) is 0.807. The van der Waals surface area contributed by atoms with Crippen LogP contribution in [-0.4, -0.2) is 9.55 Å². The number of fused-ring (bicyclic) bond motifs is 1. The third-order valence-electron chi connectivity index (χ3n) is 3.29. The summed E-state index contributed by atoms with van der Waals surface area (Å²) in [6.45, 7) is 0. The van der Waals surface area contributed by atoms with Gasteiger partial charge in [0.05, 0.1) is 6.07 Å². The molecule has 1 atom stereocenters. The van der Waals surface area contributed by atoms with E-state index in [1.165, 1.54) is 28.1 Å². The molecule has 4 nitrogen and oxygen atoms in total. The molecule has 0 N–H and O–H groups in total. The van der Waals surface area contributed by atoms with Crippen molar-refractivity contribution in [3.05, 3.63) is 58.1 Å². The van der Waals surface area contributed by atoms with Gasteiger partial charge in [0.15, 0.2) is 0 Å². The van der Waals surface area contributed by atoms with E-state index in [1.54, 1.807) is 7.05 Å². The molecule has 0 aliphatic heterocycles. The lowest BCUT2D eigenvalue weighted by atomic mass is 10.1. The van der Waals surface area contributed by atoms with Gasteiger partial charge in [0.1, 0.15) is 12.4 Å². The molecular weight excluding hydrogens is 228 g/mol. The highest BCUT2D eigenvalue weighted by Crippen LogP contribution is 2.33. The van der Waals surface area contributed by atoms with Gasteiger partial charge in [0.2, 0.25) is 5.88 Å². The summed E-state index contributed by atoms with van der Waals surface area (Å²) in [6, 6.07) is 9.68. The van der Waals surface area contributed by atoms with E-state index in [-0.39, 0.29) is 11.7 Å². The first-order chi connectivity index (χ1) is 8.74. The Morgan fingerprint density at radius 1 is 1.39 bits per heavy atom.